The molecule has 0 amide bonds. The van der Waals surface area contributed by atoms with Crippen molar-refractivity contribution in [1.82, 2.24) is 4.98 Å². The van der Waals surface area contributed by atoms with Crippen molar-refractivity contribution in [1.29, 1.82) is 0 Å². The maximum atomic E-state index is 12.4. The molecule has 0 fully saturated rings. The van der Waals surface area contributed by atoms with Gasteiger partial charge in [-0.05, 0) is 27.8 Å². The molecule has 124 valence electrons. The molecule has 2 aromatic rings. The van der Waals surface area contributed by atoms with Crippen molar-refractivity contribution in [2.24, 2.45) is 5.41 Å². The molecule has 5 nitrogen and oxygen atoms in total. The highest BCUT2D eigenvalue weighted by Crippen LogP contribution is 2.40. The highest BCUT2D eigenvalue weighted by molar-refractivity contribution is 9.10. The standard InChI is InChI=1S/C13H12BrClN2O3S3/c1-13(2)3-7-10(8(18)4-13)22-12(16-7)17-23(19,20)11-9(14)6(15)5-21-11/h5H,3-4H2,1-2H3,(H,16,17). The molecule has 23 heavy (non-hydrogen) atoms. The monoisotopic (exact) mass is 454 g/mol. The van der Waals surface area contributed by atoms with Crippen molar-refractivity contribution in [3.63, 3.8) is 0 Å². The Morgan fingerprint density at radius 1 is 1.39 bits per heavy atom. The summed E-state index contributed by atoms with van der Waals surface area (Å²) in [4.78, 5) is 17.0. The molecule has 0 saturated carbocycles. The van der Waals surface area contributed by atoms with Gasteiger partial charge in [-0.1, -0.05) is 36.8 Å². The SMILES string of the molecule is CC1(C)CC(=O)c2sc(NS(=O)(=O)c3scc(Cl)c3Br)nc2C1. The molecule has 10 heteroatoms. The van der Waals surface area contributed by atoms with Crippen LogP contribution >= 0.6 is 50.2 Å². The molecule has 0 bridgehead atoms. The average Bonchev–Trinajstić information content (AvgIpc) is 2.92. The van der Waals surface area contributed by atoms with E-state index in [-0.39, 0.29) is 20.5 Å². The first-order valence-corrected chi connectivity index (χ1v) is 10.9. The summed E-state index contributed by atoms with van der Waals surface area (Å²) in [6, 6.07) is 0. The summed E-state index contributed by atoms with van der Waals surface area (Å²) in [6.45, 7) is 4.00. The van der Waals surface area contributed by atoms with Crippen molar-refractivity contribution in [3.8, 4) is 0 Å². The highest BCUT2D eigenvalue weighted by atomic mass is 79.9. The zero-order chi connectivity index (χ0) is 17.0. The number of hydrogen-bond acceptors (Lipinski definition) is 6. The van der Waals surface area contributed by atoms with Crippen LogP contribution in [0.1, 0.15) is 35.6 Å². The summed E-state index contributed by atoms with van der Waals surface area (Å²) < 4.78 is 27.8. The second kappa shape index (κ2) is 5.80. The maximum Gasteiger partial charge on any atom is 0.274 e. The lowest BCUT2D eigenvalue weighted by Crippen LogP contribution is -2.26. The molecule has 0 aromatic carbocycles. The fourth-order valence-electron chi connectivity index (χ4n) is 2.41. The van der Waals surface area contributed by atoms with Crippen LogP contribution in [-0.4, -0.2) is 19.2 Å². The predicted octanol–water partition coefficient (Wildman–Crippen LogP) is 4.58. The van der Waals surface area contributed by atoms with Crippen LogP contribution < -0.4 is 4.72 Å². The van der Waals surface area contributed by atoms with Gasteiger partial charge < -0.3 is 0 Å². The lowest BCUT2D eigenvalue weighted by atomic mass is 9.78. The van der Waals surface area contributed by atoms with Gasteiger partial charge in [-0.3, -0.25) is 9.52 Å². The van der Waals surface area contributed by atoms with E-state index in [2.05, 4.69) is 25.6 Å². The molecular weight excluding hydrogens is 444 g/mol. The number of fused-ring (bicyclic) bond motifs is 1. The molecule has 2 aromatic heterocycles. The summed E-state index contributed by atoms with van der Waals surface area (Å²) in [5.74, 6) is 0.0135. The molecule has 0 radical (unpaired) electrons. The second-order valence-corrected chi connectivity index (χ2v) is 11.0. The summed E-state index contributed by atoms with van der Waals surface area (Å²) in [5.41, 5.74) is 0.510. The van der Waals surface area contributed by atoms with Gasteiger partial charge in [0.2, 0.25) is 0 Å². The predicted molar refractivity (Wildman–Crippen MR) is 96.4 cm³/mol. The number of thiazole rings is 1. The van der Waals surface area contributed by atoms with Crippen molar-refractivity contribution in [3.05, 3.63) is 25.4 Å². The van der Waals surface area contributed by atoms with Gasteiger partial charge in [-0.25, -0.2) is 13.4 Å². The molecule has 0 atom stereocenters. The zero-order valence-electron chi connectivity index (χ0n) is 12.1. The number of anilines is 1. The molecule has 0 unspecified atom stereocenters. The van der Waals surface area contributed by atoms with Gasteiger partial charge in [0, 0.05) is 11.8 Å². The Hall–Kier alpha value is -0.480. The highest BCUT2D eigenvalue weighted by Gasteiger charge is 2.34. The van der Waals surface area contributed by atoms with Gasteiger partial charge in [-0.2, -0.15) is 0 Å². The number of halogens is 2. The Labute approximate surface area is 155 Å². The molecule has 3 rings (SSSR count). The fraction of sp³-hybridized carbons (Fsp3) is 0.385. The van der Waals surface area contributed by atoms with Crippen LogP contribution in [0, 0.1) is 5.41 Å². The fourth-order valence-corrected chi connectivity index (χ4v) is 7.24. The number of carbonyl (C=O) groups is 1. The van der Waals surface area contributed by atoms with E-state index in [1.54, 1.807) is 5.38 Å². The van der Waals surface area contributed by atoms with E-state index in [1.807, 2.05) is 13.8 Å². The van der Waals surface area contributed by atoms with Gasteiger partial charge in [0.05, 0.1) is 20.1 Å². The average molecular weight is 456 g/mol. The molecule has 0 saturated heterocycles. The van der Waals surface area contributed by atoms with E-state index in [9.17, 15) is 13.2 Å². The quantitative estimate of drug-likeness (QED) is 0.735. The Bertz CT molecular complexity index is 902. The third-order valence-electron chi connectivity index (χ3n) is 3.36. The van der Waals surface area contributed by atoms with Crippen LogP contribution in [-0.2, 0) is 16.4 Å². The summed E-state index contributed by atoms with van der Waals surface area (Å²) in [5, 5.41) is 2.09. The number of sulfonamides is 1. The third-order valence-corrected chi connectivity index (χ3v) is 9.42. The largest absolute Gasteiger partial charge is 0.293 e. The van der Waals surface area contributed by atoms with Crippen LogP contribution in [0.3, 0.4) is 0 Å². The summed E-state index contributed by atoms with van der Waals surface area (Å²) in [7, 11) is -3.80. The number of thiophene rings is 1. The van der Waals surface area contributed by atoms with Crippen LogP contribution in [0.25, 0.3) is 0 Å². The Balaban J connectivity index is 1.93. The smallest absolute Gasteiger partial charge is 0.274 e. The van der Waals surface area contributed by atoms with Crippen molar-refractivity contribution >= 4 is 71.1 Å². The van der Waals surface area contributed by atoms with Crippen molar-refractivity contribution in [2.75, 3.05) is 4.72 Å². The van der Waals surface area contributed by atoms with E-state index in [0.29, 0.717) is 32.9 Å². The van der Waals surface area contributed by atoms with E-state index >= 15 is 0 Å². The number of ketones is 1. The molecule has 1 aliphatic rings. The van der Waals surface area contributed by atoms with Crippen molar-refractivity contribution < 1.29 is 13.2 Å². The minimum atomic E-state index is -3.80. The first-order valence-electron chi connectivity index (χ1n) is 6.57. The normalized spacial score (nSPS) is 17.1. The van der Waals surface area contributed by atoms with Crippen LogP contribution in [0.5, 0.6) is 0 Å². The van der Waals surface area contributed by atoms with Gasteiger partial charge in [-0.15, -0.1) is 11.3 Å². The summed E-state index contributed by atoms with van der Waals surface area (Å²) >= 11 is 11.2. The number of hydrogen-bond donors (Lipinski definition) is 1. The van der Waals surface area contributed by atoms with E-state index in [1.165, 1.54) is 0 Å². The molecule has 0 spiro atoms. The molecular formula is C13H12BrClN2O3S3. The Kier molecular flexibility index (Phi) is 4.38. The Morgan fingerprint density at radius 3 is 2.70 bits per heavy atom. The number of aromatic nitrogens is 1. The van der Waals surface area contributed by atoms with Crippen molar-refractivity contribution in [2.45, 2.75) is 30.9 Å². The molecule has 1 aliphatic carbocycles. The van der Waals surface area contributed by atoms with Crippen LogP contribution in [0.4, 0.5) is 5.13 Å². The van der Waals surface area contributed by atoms with Crippen LogP contribution in [0.2, 0.25) is 5.02 Å². The van der Waals surface area contributed by atoms with E-state index < -0.39 is 10.0 Å². The first kappa shape index (κ1) is 17.3. The minimum absolute atomic E-state index is 0.0135. The molecule has 2 heterocycles. The topological polar surface area (TPSA) is 76.1 Å². The number of Topliss-reactive ketones (excluding diaryl/α,β-unsaturated/α-hetero) is 1. The van der Waals surface area contributed by atoms with Crippen LogP contribution in [0.15, 0.2) is 14.1 Å². The number of nitrogens with zero attached hydrogens (tertiary/aromatic N) is 1. The first-order chi connectivity index (χ1) is 10.6. The van der Waals surface area contributed by atoms with Gasteiger partial charge >= 0.3 is 0 Å². The van der Waals surface area contributed by atoms with Gasteiger partial charge in [0.15, 0.2) is 15.1 Å². The maximum absolute atomic E-state index is 12.4. The zero-order valence-corrected chi connectivity index (χ0v) is 16.9. The second-order valence-electron chi connectivity index (χ2n) is 6.03. The van der Waals surface area contributed by atoms with Gasteiger partial charge in [0.25, 0.3) is 10.0 Å². The van der Waals surface area contributed by atoms with E-state index in [4.69, 9.17) is 11.6 Å². The third kappa shape index (κ3) is 3.34. The molecule has 0 aliphatic heterocycles. The minimum Gasteiger partial charge on any atom is -0.293 e. The van der Waals surface area contributed by atoms with E-state index in [0.717, 1.165) is 22.7 Å². The lowest BCUT2D eigenvalue weighted by molar-refractivity contribution is 0.0916. The number of carbonyl (C=O) groups excluding carboxylic acids is 1. The summed E-state index contributed by atoms with van der Waals surface area (Å²) in [6.07, 6.45) is 1.10. The Morgan fingerprint density at radius 2 is 2.09 bits per heavy atom. The number of nitrogens with one attached hydrogen (secondary N) is 1. The van der Waals surface area contributed by atoms with Gasteiger partial charge in [0.1, 0.15) is 0 Å². The number of rotatable bonds is 3. The lowest BCUT2D eigenvalue weighted by Gasteiger charge is -2.26. The molecule has 1 N–H and O–H groups in total.